The molecule has 0 amide bonds. The van der Waals surface area contributed by atoms with Gasteiger partial charge in [-0.1, -0.05) is 32.9 Å². The smallest absolute Gasteiger partial charge is 0.130 e. The fraction of sp³-hybridized carbons (Fsp3) is 0.333. The lowest BCUT2D eigenvalue weighted by Gasteiger charge is -2.17. The number of aryl methyl sites for hydroxylation is 1. The fourth-order valence-electron chi connectivity index (χ4n) is 2.18. The minimum absolute atomic E-state index is 0.491. The standard InChI is InChI=1S/C18H23NO/c1-4-13(3)17-12-14(5-2)6-11-18(17)20-16-9-7-15(19)8-10-16/h6-13H,4-5,19H2,1-3H3. The summed E-state index contributed by atoms with van der Waals surface area (Å²) in [6.07, 6.45) is 2.15. The molecule has 106 valence electrons. The number of nitrogen functional groups attached to an aromatic ring is 1. The summed E-state index contributed by atoms with van der Waals surface area (Å²) >= 11 is 0. The van der Waals surface area contributed by atoms with E-state index in [4.69, 9.17) is 10.5 Å². The van der Waals surface area contributed by atoms with E-state index >= 15 is 0 Å². The zero-order valence-electron chi connectivity index (χ0n) is 12.5. The van der Waals surface area contributed by atoms with Gasteiger partial charge in [0.1, 0.15) is 11.5 Å². The van der Waals surface area contributed by atoms with E-state index in [0.717, 1.165) is 30.0 Å². The third-order valence-electron chi connectivity index (χ3n) is 3.73. The Labute approximate surface area is 121 Å². The zero-order valence-corrected chi connectivity index (χ0v) is 12.5. The molecule has 0 bridgehead atoms. The number of hydrogen-bond acceptors (Lipinski definition) is 2. The molecule has 20 heavy (non-hydrogen) atoms. The van der Waals surface area contributed by atoms with Crippen molar-refractivity contribution in [1.29, 1.82) is 0 Å². The summed E-state index contributed by atoms with van der Waals surface area (Å²) in [4.78, 5) is 0. The van der Waals surface area contributed by atoms with Gasteiger partial charge < -0.3 is 10.5 Å². The molecule has 0 saturated heterocycles. The number of anilines is 1. The average Bonchev–Trinajstić information content (AvgIpc) is 2.49. The Hall–Kier alpha value is -1.96. The summed E-state index contributed by atoms with van der Waals surface area (Å²) in [5.74, 6) is 2.26. The number of nitrogens with two attached hydrogens (primary N) is 1. The van der Waals surface area contributed by atoms with Crippen LogP contribution in [0, 0.1) is 0 Å². The molecule has 0 heterocycles. The molecule has 2 aromatic rings. The maximum atomic E-state index is 6.03. The molecule has 0 fully saturated rings. The van der Waals surface area contributed by atoms with Crippen molar-refractivity contribution in [1.82, 2.24) is 0 Å². The number of rotatable bonds is 5. The van der Waals surface area contributed by atoms with Crippen LogP contribution in [0.4, 0.5) is 5.69 Å². The Morgan fingerprint density at radius 2 is 1.75 bits per heavy atom. The van der Waals surface area contributed by atoms with E-state index in [1.807, 2.05) is 24.3 Å². The van der Waals surface area contributed by atoms with Gasteiger partial charge >= 0.3 is 0 Å². The molecule has 1 atom stereocenters. The van der Waals surface area contributed by atoms with Crippen molar-refractivity contribution in [2.45, 2.75) is 39.5 Å². The normalized spacial score (nSPS) is 12.2. The lowest BCUT2D eigenvalue weighted by molar-refractivity contribution is 0.470. The van der Waals surface area contributed by atoms with Gasteiger partial charge in [-0.2, -0.15) is 0 Å². The highest BCUT2D eigenvalue weighted by atomic mass is 16.5. The van der Waals surface area contributed by atoms with Crippen LogP contribution in [0.1, 0.15) is 44.2 Å². The van der Waals surface area contributed by atoms with Crippen molar-refractivity contribution in [3.63, 3.8) is 0 Å². The quantitative estimate of drug-likeness (QED) is 0.763. The molecule has 0 radical (unpaired) electrons. The van der Waals surface area contributed by atoms with Crippen molar-refractivity contribution in [2.75, 3.05) is 5.73 Å². The first kappa shape index (κ1) is 14.4. The molecule has 0 aliphatic heterocycles. The van der Waals surface area contributed by atoms with Crippen LogP contribution in [-0.4, -0.2) is 0 Å². The monoisotopic (exact) mass is 269 g/mol. The summed E-state index contributed by atoms with van der Waals surface area (Å²) in [6.45, 7) is 6.62. The number of hydrogen-bond donors (Lipinski definition) is 1. The van der Waals surface area contributed by atoms with Crippen LogP contribution in [-0.2, 0) is 6.42 Å². The van der Waals surface area contributed by atoms with Crippen LogP contribution in [0.5, 0.6) is 11.5 Å². The van der Waals surface area contributed by atoms with Gasteiger partial charge in [-0.05, 0) is 60.2 Å². The molecule has 2 N–H and O–H groups in total. The first-order valence-electron chi connectivity index (χ1n) is 7.30. The van der Waals surface area contributed by atoms with E-state index in [1.54, 1.807) is 0 Å². The first-order chi connectivity index (χ1) is 9.63. The molecule has 0 saturated carbocycles. The third kappa shape index (κ3) is 3.32. The van der Waals surface area contributed by atoms with Crippen LogP contribution in [0.25, 0.3) is 0 Å². The minimum Gasteiger partial charge on any atom is -0.457 e. The molecule has 2 heteroatoms. The fourth-order valence-corrected chi connectivity index (χ4v) is 2.18. The summed E-state index contributed by atoms with van der Waals surface area (Å²) in [5.41, 5.74) is 9.09. The van der Waals surface area contributed by atoms with Crippen molar-refractivity contribution < 1.29 is 4.74 Å². The molecule has 2 rings (SSSR count). The number of benzene rings is 2. The Kier molecular flexibility index (Phi) is 4.67. The second-order valence-electron chi connectivity index (χ2n) is 5.21. The van der Waals surface area contributed by atoms with Gasteiger partial charge in [0.2, 0.25) is 0 Å². The summed E-state index contributed by atoms with van der Waals surface area (Å²) in [5, 5.41) is 0. The summed E-state index contributed by atoms with van der Waals surface area (Å²) < 4.78 is 6.03. The Balaban J connectivity index is 2.32. The van der Waals surface area contributed by atoms with Crippen LogP contribution in [0.2, 0.25) is 0 Å². The minimum atomic E-state index is 0.491. The summed E-state index contributed by atoms with van der Waals surface area (Å²) in [6, 6.07) is 14.0. The van der Waals surface area contributed by atoms with Crippen molar-refractivity contribution >= 4 is 5.69 Å². The highest BCUT2D eigenvalue weighted by Crippen LogP contribution is 2.33. The van der Waals surface area contributed by atoms with E-state index < -0.39 is 0 Å². The predicted molar refractivity (Wildman–Crippen MR) is 85.5 cm³/mol. The van der Waals surface area contributed by atoms with E-state index in [0.29, 0.717) is 5.92 Å². The Bertz CT molecular complexity index is 560. The highest BCUT2D eigenvalue weighted by Gasteiger charge is 2.12. The molecule has 0 spiro atoms. The van der Waals surface area contributed by atoms with Crippen LogP contribution in [0.15, 0.2) is 42.5 Å². The molecular weight excluding hydrogens is 246 g/mol. The molecule has 0 aliphatic carbocycles. The molecular formula is C18H23NO. The highest BCUT2D eigenvalue weighted by molar-refractivity contribution is 5.46. The van der Waals surface area contributed by atoms with Crippen molar-refractivity contribution in [2.24, 2.45) is 0 Å². The van der Waals surface area contributed by atoms with Gasteiger partial charge in [-0.15, -0.1) is 0 Å². The molecule has 0 aromatic heterocycles. The van der Waals surface area contributed by atoms with Crippen LogP contribution < -0.4 is 10.5 Å². The molecule has 2 aromatic carbocycles. The van der Waals surface area contributed by atoms with Gasteiger partial charge in [-0.3, -0.25) is 0 Å². The van der Waals surface area contributed by atoms with Crippen LogP contribution in [0.3, 0.4) is 0 Å². The van der Waals surface area contributed by atoms with E-state index in [2.05, 4.69) is 39.0 Å². The average molecular weight is 269 g/mol. The van der Waals surface area contributed by atoms with E-state index in [-0.39, 0.29) is 0 Å². The van der Waals surface area contributed by atoms with Gasteiger partial charge in [0, 0.05) is 5.69 Å². The van der Waals surface area contributed by atoms with Gasteiger partial charge in [0.05, 0.1) is 0 Å². The first-order valence-corrected chi connectivity index (χ1v) is 7.30. The SMILES string of the molecule is CCc1ccc(Oc2ccc(N)cc2)c(C(C)CC)c1. The predicted octanol–water partition coefficient (Wildman–Crippen LogP) is 5.14. The van der Waals surface area contributed by atoms with Gasteiger partial charge in [0.25, 0.3) is 0 Å². The lowest BCUT2D eigenvalue weighted by atomic mass is 9.95. The topological polar surface area (TPSA) is 35.2 Å². The molecule has 1 unspecified atom stereocenters. The van der Waals surface area contributed by atoms with E-state index in [9.17, 15) is 0 Å². The number of ether oxygens (including phenoxy) is 1. The second-order valence-corrected chi connectivity index (χ2v) is 5.21. The maximum absolute atomic E-state index is 6.03. The third-order valence-corrected chi connectivity index (χ3v) is 3.73. The zero-order chi connectivity index (χ0) is 14.5. The summed E-state index contributed by atoms with van der Waals surface area (Å²) in [7, 11) is 0. The second kappa shape index (κ2) is 6.47. The Morgan fingerprint density at radius 1 is 1.05 bits per heavy atom. The molecule has 2 nitrogen and oxygen atoms in total. The van der Waals surface area contributed by atoms with Crippen LogP contribution >= 0.6 is 0 Å². The lowest BCUT2D eigenvalue weighted by Crippen LogP contribution is -1.98. The molecule has 0 aliphatic rings. The Morgan fingerprint density at radius 3 is 2.35 bits per heavy atom. The van der Waals surface area contributed by atoms with Gasteiger partial charge in [-0.25, -0.2) is 0 Å². The van der Waals surface area contributed by atoms with Crippen molar-refractivity contribution in [3.8, 4) is 11.5 Å². The largest absolute Gasteiger partial charge is 0.457 e. The van der Waals surface area contributed by atoms with Gasteiger partial charge in [0.15, 0.2) is 0 Å². The van der Waals surface area contributed by atoms with Crippen molar-refractivity contribution in [3.05, 3.63) is 53.6 Å². The van der Waals surface area contributed by atoms with E-state index in [1.165, 1.54) is 11.1 Å². The maximum Gasteiger partial charge on any atom is 0.130 e.